The predicted octanol–water partition coefficient (Wildman–Crippen LogP) is 2.92. The number of amides is 2. The molecule has 0 spiro atoms. The zero-order valence-corrected chi connectivity index (χ0v) is 14.2. The molecule has 2 rings (SSSR count). The average Bonchev–Trinajstić information content (AvgIpc) is 2.54. The van der Waals surface area contributed by atoms with E-state index in [1.165, 1.54) is 0 Å². The van der Waals surface area contributed by atoms with Crippen LogP contribution in [0.5, 0.6) is 5.75 Å². The number of aliphatic carboxylic acids is 1. The van der Waals surface area contributed by atoms with Gasteiger partial charge in [-0.15, -0.1) is 0 Å². The molecule has 0 saturated heterocycles. The molecular formula is C18H26N2O4. The van der Waals surface area contributed by atoms with Crippen LogP contribution in [0.3, 0.4) is 0 Å². The highest BCUT2D eigenvalue weighted by molar-refractivity contribution is 5.74. The Morgan fingerprint density at radius 2 is 1.88 bits per heavy atom. The molecule has 1 aromatic carbocycles. The number of carbonyl (C=O) groups is 2. The van der Waals surface area contributed by atoms with Gasteiger partial charge in [0.15, 0.2) is 0 Å². The number of benzene rings is 1. The lowest BCUT2D eigenvalue weighted by Gasteiger charge is -2.26. The molecule has 6 heteroatoms. The van der Waals surface area contributed by atoms with Gasteiger partial charge >= 0.3 is 12.0 Å². The smallest absolute Gasteiger partial charge is 0.315 e. The van der Waals surface area contributed by atoms with Gasteiger partial charge in [0.2, 0.25) is 0 Å². The summed E-state index contributed by atoms with van der Waals surface area (Å²) in [7, 11) is 0. The van der Waals surface area contributed by atoms with E-state index >= 15 is 0 Å². The van der Waals surface area contributed by atoms with E-state index in [1.54, 1.807) is 0 Å². The molecule has 0 heterocycles. The number of nitrogens with one attached hydrogen (secondary N) is 2. The maximum absolute atomic E-state index is 12.1. The molecule has 0 aromatic heterocycles. The number of carboxylic acid groups (broad SMARTS) is 1. The van der Waals surface area contributed by atoms with Crippen LogP contribution in [0.2, 0.25) is 0 Å². The molecule has 3 N–H and O–H groups in total. The molecule has 132 valence electrons. The van der Waals surface area contributed by atoms with E-state index in [9.17, 15) is 9.59 Å². The Hall–Kier alpha value is -2.24. The van der Waals surface area contributed by atoms with Crippen LogP contribution in [-0.4, -0.2) is 29.3 Å². The van der Waals surface area contributed by atoms with Gasteiger partial charge < -0.3 is 20.5 Å². The van der Waals surface area contributed by atoms with Crippen LogP contribution in [0.25, 0.3) is 0 Å². The lowest BCUT2D eigenvalue weighted by Crippen LogP contribution is -2.43. The summed E-state index contributed by atoms with van der Waals surface area (Å²) in [6, 6.07) is 7.45. The zero-order chi connectivity index (χ0) is 17.5. The second-order valence-corrected chi connectivity index (χ2v) is 6.49. The van der Waals surface area contributed by atoms with Gasteiger partial charge in [-0.25, -0.2) is 4.79 Å². The SMILES string of the molecule is CC(C)Oc1ccccc1CNC(=O)NC1CCC(C(=O)O)CC1. The van der Waals surface area contributed by atoms with Crippen molar-refractivity contribution < 1.29 is 19.4 Å². The van der Waals surface area contributed by atoms with Crippen LogP contribution >= 0.6 is 0 Å². The summed E-state index contributed by atoms with van der Waals surface area (Å²) in [6.45, 7) is 4.31. The van der Waals surface area contributed by atoms with Crippen molar-refractivity contribution in [2.75, 3.05) is 0 Å². The summed E-state index contributed by atoms with van der Waals surface area (Å²) in [5, 5.41) is 14.8. The number of carboxylic acids is 1. The first kappa shape index (κ1) is 18.1. The van der Waals surface area contributed by atoms with Crippen LogP contribution in [0.15, 0.2) is 24.3 Å². The quantitative estimate of drug-likeness (QED) is 0.746. The molecule has 0 atom stereocenters. The Balaban J connectivity index is 1.79. The Morgan fingerprint density at radius 1 is 1.21 bits per heavy atom. The van der Waals surface area contributed by atoms with E-state index < -0.39 is 5.97 Å². The summed E-state index contributed by atoms with van der Waals surface area (Å²) in [5.74, 6) is -0.236. The molecule has 1 aliphatic rings. The molecule has 2 amide bonds. The van der Waals surface area contributed by atoms with E-state index in [2.05, 4.69) is 10.6 Å². The number of ether oxygens (including phenoxy) is 1. The summed E-state index contributed by atoms with van der Waals surface area (Å²) in [6.07, 6.45) is 2.72. The third kappa shape index (κ3) is 5.44. The minimum absolute atomic E-state index is 0.0442. The normalized spacial score (nSPS) is 20.5. The maximum atomic E-state index is 12.1. The Labute approximate surface area is 142 Å². The van der Waals surface area contributed by atoms with Gasteiger partial charge in [0.1, 0.15) is 5.75 Å². The first-order valence-corrected chi connectivity index (χ1v) is 8.47. The fourth-order valence-electron chi connectivity index (χ4n) is 2.92. The van der Waals surface area contributed by atoms with Crippen molar-refractivity contribution in [3.05, 3.63) is 29.8 Å². The van der Waals surface area contributed by atoms with E-state index in [-0.39, 0.29) is 24.1 Å². The molecule has 6 nitrogen and oxygen atoms in total. The fourth-order valence-corrected chi connectivity index (χ4v) is 2.92. The van der Waals surface area contributed by atoms with Crippen molar-refractivity contribution in [1.82, 2.24) is 10.6 Å². The fraction of sp³-hybridized carbons (Fsp3) is 0.556. The Morgan fingerprint density at radius 3 is 2.50 bits per heavy atom. The molecule has 24 heavy (non-hydrogen) atoms. The number of hydrogen-bond donors (Lipinski definition) is 3. The van der Waals surface area contributed by atoms with Crippen LogP contribution in [0.4, 0.5) is 4.79 Å². The van der Waals surface area contributed by atoms with Gasteiger partial charge in [-0.2, -0.15) is 0 Å². The lowest BCUT2D eigenvalue weighted by molar-refractivity contribution is -0.142. The Bertz CT molecular complexity index is 566. The largest absolute Gasteiger partial charge is 0.491 e. The van der Waals surface area contributed by atoms with Crippen molar-refractivity contribution in [3.63, 3.8) is 0 Å². The molecule has 0 aliphatic heterocycles. The van der Waals surface area contributed by atoms with Gasteiger partial charge in [-0.3, -0.25) is 4.79 Å². The van der Waals surface area contributed by atoms with E-state index in [0.717, 1.165) is 11.3 Å². The number of hydrogen-bond acceptors (Lipinski definition) is 3. The van der Waals surface area contributed by atoms with Crippen LogP contribution in [0, 0.1) is 5.92 Å². The van der Waals surface area contributed by atoms with Gasteiger partial charge in [-0.1, -0.05) is 18.2 Å². The molecule has 1 saturated carbocycles. The van der Waals surface area contributed by atoms with Gasteiger partial charge in [0, 0.05) is 18.2 Å². The molecule has 1 aromatic rings. The summed E-state index contributed by atoms with van der Waals surface area (Å²) in [4.78, 5) is 23.0. The van der Waals surface area contributed by atoms with E-state index in [0.29, 0.717) is 32.2 Å². The summed E-state index contributed by atoms with van der Waals surface area (Å²) in [5.41, 5.74) is 0.927. The standard InChI is InChI=1S/C18H26N2O4/c1-12(2)24-16-6-4-3-5-14(16)11-19-18(23)20-15-9-7-13(8-10-15)17(21)22/h3-6,12-13,15H,7-11H2,1-2H3,(H,21,22)(H2,19,20,23). The number of rotatable bonds is 6. The van der Waals surface area contributed by atoms with Crippen molar-refractivity contribution in [1.29, 1.82) is 0 Å². The van der Waals surface area contributed by atoms with Gasteiger partial charge in [0.25, 0.3) is 0 Å². The first-order chi connectivity index (χ1) is 11.5. The van der Waals surface area contributed by atoms with Crippen molar-refractivity contribution in [2.24, 2.45) is 5.92 Å². The summed E-state index contributed by atoms with van der Waals surface area (Å²) < 4.78 is 5.73. The molecule has 0 radical (unpaired) electrons. The minimum Gasteiger partial charge on any atom is -0.491 e. The van der Waals surface area contributed by atoms with E-state index in [1.807, 2.05) is 38.1 Å². The van der Waals surface area contributed by atoms with Crippen molar-refractivity contribution in [3.8, 4) is 5.75 Å². The summed E-state index contributed by atoms with van der Waals surface area (Å²) >= 11 is 0. The highest BCUT2D eigenvalue weighted by Crippen LogP contribution is 2.24. The monoisotopic (exact) mass is 334 g/mol. The second kappa shape index (κ2) is 8.57. The third-order valence-electron chi connectivity index (χ3n) is 4.19. The molecule has 1 aliphatic carbocycles. The van der Waals surface area contributed by atoms with Crippen LogP contribution < -0.4 is 15.4 Å². The highest BCUT2D eigenvalue weighted by Gasteiger charge is 2.26. The molecular weight excluding hydrogens is 308 g/mol. The molecule has 1 fully saturated rings. The number of para-hydroxylation sites is 1. The molecule has 0 unspecified atom stereocenters. The Kier molecular flexibility index (Phi) is 6.46. The first-order valence-electron chi connectivity index (χ1n) is 8.47. The number of urea groups is 1. The third-order valence-corrected chi connectivity index (χ3v) is 4.19. The molecule has 0 bridgehead atoms. The van der Waals surface area contributed by atoms with E-state index in [4.69, 9.17) is 9.84 Å². The predicted molar refractivity (Wildman–Crippen MR) is 91.0 cm³/mol. The lowest BCUT2D eigenvalue weighted by atomic mass is 9.86. The van der Waals surface area contributed by atoms with Gasteiger partial charge in [-0.05, 0) is 45.6 Å². The maximum Gasteiger partial charge on any atom is 0.315 e. The zero-order valence-electron chi connectivity index (χ0n) is 14.2. The van der Waals surface area contributed by atoms with Gasteiger partial charge in [0.05, 0.1) is 12.0 Å². The average molecular weight is 334 g/mol. The number of carbonyl (C=O) groups excluding carboxylic acids is 1. The van der Waals surface area contributed by atoms with Crippen LogP contribution in [-0.2, 0) is 11.3 Å². The van der Waals surface area contributed by atoms with Crippen LogP contribution in [0.1, 0.15) is 45.1 Å². The highest BCUT2D eigenvalue weighted by atomic mass is 16.5. The second-order valence-electron chi connectivity index (χ2n) is 6.49. The minimum atomic E-state index is -0.736. The topological polar surface area (TPSA) is 87.7 Å². The van der Waals surface area contributed by atoms with Crippen molar-refractivity contribution in [2.45, 2.75) is 58.2 Å². The van der Waals surface area contributed by atoms with Crippen molar-refractivity contribution >= 4 is 12.0 Å².